The number of aryl methyl sites for hydroxylation is 1. The topological polar surface area (TPSA) is 9.23 Å². The molecule has 1 heteroatoms. The molecule has 4 rings (SSSR count). The second-order valence-electron chi connectivity index (χ2n) is 7.18. The largest absolute Gasteiger partial charge is 0.497 e. The Morgan fingerprint density at radius 3 is 3.00 bits per heavy atom. The van der Waals surface area contributed by atoms with Gasteiger partial charge in [-0.05, 0) is 78.2 Å². The maximum atomic E-state index is 5.38. The van der Waals surface area contributed by atoms with Gasteiger partial charge in [0.25, 0.3) is 0 Å². The van der Waals surface area contributed by atoms with E-state index >= 15 is 0 Å². The van der Waals surface area contributed by atoms with Crippen LogP contribution in [0.3, 0.4) is 0 Å². The van der Waals surface area contributed by atoms with Crippen molar-refractivity contribution in [2.24, 2.45) is 17.3 Å². The van der Waals surface area contributed by atoms with Crippen molar-refractivity contribution in [3.8, 4) is 5.75 Å². The monoisotopic (exact) mass is 268 g/mol. The van der Waals surface area contributed by atoms with Crippen molar-refractivity contribution in [2.45, 2.75) is 45.4 Å². The van der Waals surface area contributed by atoms with Crippen LogP contribution in [0.5, 0.6) is 5.75 Å². The van der Waals surface area contributed by atoms with Gasteiger partial charge in [0.05, 0.1) is 7.11 Å². The van der Waals surface area contributed by atoms with Crippen LogP contribution in [0.25, 0.3) is 5.57 Å². The van der Waals surface area contributed by atoms with Crippen molar-refractivity contribution < 1.29 is 4.74 Å². The maximum Gasteiger partial charge on any atom is 0.119 e. The summed E-state index contributed by atoms with van der Waals surface area (Å²) < 4.78 is 5.38. The van der Waals surface area contributed by atoms with E-state index in [9.17, 15) is 0 Å². The molecule has 20 heavy (non-hydrogen) atoms. The molecule has 0 aromatic heterocycles. The van der Waals surface area contributed by atoms with Crippen LogP contribution in [0.15, 0.2) is 24.3 Å². The van der Waals surface area contributed by atoms with E-state index in [1.807, 2.05) is 0 Å². The first-order valence-corrected chi connectivity index (χ1v) is 8.09. The van der Waals surface area contributed by atoms with Crippen molar-refractivity contribution in [3.63, 3.8) is 0 Å². The molecule has 3 aliphatic carbocycles. The van der Waals surface area contributed by atoms with Gasteiger partial charge < -0.3 is 4.74 Å². The third kappa shape index (κ3) is 1.68. The van der Waals surface area contributed by atoms with Crippen molar-refractivity contribution in [1.29, 1.82) is 0 Å². The predicted octanol–water partition coefficient (Wildman–Crippen LogP) is 4.85. The van der Waals surface area contributed by atoms with E-state index < -0.39 is 0 Å². The molecule has 0 heterocycles. The molecule has 0 N–H and O–H groups in total. The number of ether oxygens (including phenoxy) is 1. The molecule has 0 aliphatic heterocycles. The smallest absolute Gasteiger partial charge is 0.119 e. The number of benzene rings is 1. The van der Waals surface area contributed by atoms with Crippen molar-refractivity contribution >= 4 is 5.57 Å². The van der Waals surface area contributed by atoms with Crippen LogP contribution in [0, 0.1) is 17.3 Å². The Balaban J connectivity index is 1.77. The molecule has 1 saturated carbocycles. The van der Waals surface area contributed by atoms with Crippen LogP contribution < -0.4 is 4.74 Å². The number of rotatable bonds is 1. The summed E-state index contributed by atoms with van der Waals surface area (Å²) in [6, 6.07) is 6.67. The molecule has 0 unspecified atom stereocenters. The summed E-state index contributed by atoms with van der Waals surface area (Å²) in [4.78, 5) is 0. The number of hydrogen-bond acceptors (Lipinski definition) is 1. The average Bonchev–Trinajstić information content (AvgIpc) is 2.88. The molecule has 1 aromatic carbocycles. The normalized spacial score (nSPS) is 34.8. The highest BCUT2D eigenvalue weighted by atomic mass is 16.5. The molecular formula is C19H24O. The fraction of sp³-hybridized carbons (Fsp3) is 0.579. The van der Waals surface area contributed by atoms with Gasteiger partial charge in [0, 0.05) is 0 Å². The van der Waals surface area contributed by atoms with E-state index in [1.165, 1.54) is 49.7 Å². The molecule has 0 spiro atoms. The number of hydrogen-bond donors (Lipinski definition) is 0. The van der Waals surface area contributed by atoms with Gasteiger partial charge >= 0.3 is 0 Å². The van der Waals surface area contributed by atoms with Gasteiger partial charge in [-0.1, -0.05) is 25.5 Å². The highest BCUT2D eigenvalue weighted by Crippen LogP contribution is 2.58. The Kier molecular flexibility index (Phi) is 2.73. The highest BCUT2D eigenvalue weighted by molar-refractivity contribution is 5.73. The average molecular weight is 268 g/mol. The predicted molar refractivity (Wildman–Crippen MR) is 82.8 cm³/mol. The van der Waals surface area contributed by atoms with E-state index in [1.54, 1.807) is 12.7 Å². The van der Waals surface area contributed by atoms with Gasteiger partial charge in [-0.15, -0.1) is 0 Å². The second kappa shape index (κ2) is 4.38. The molecule has 0 saturated heterocycles. The summed E-state index contributed by atoms with van der Waals surface area (Å²) in [6.45, 7) is 2.53. The van der Waals surface area contributed by atoms with Crippen molar-refractivity contribution in [3.05, 3.63) is 35.4 Å². The van der Waals surface area contributed by atoms with Crippen LogP contribution in [-0.2, 0) is 6.42 Å². The van der Waals surface area contributed by atoms with Crippen LogP contribution >= 0.6 is 0 Å². The van der Waals surface area contributed by atoms with E-state index in [4.69, 9.17) is 4.74 Å². The lowest BCUT2D eigenvalue weighted by atomic mass is 9.60. The van der Waals surface area contributed by atoms with Crippen LogP contribution in [-0.4, -0.2) is 7.11 Å². The summed E-state index contributed by atoms with van der Waals surface area (Å²) in [5.41, 5.74) is 5.25. The first-order valence-electron chi connectivity index (χ1n) is 8.09. The first kappa shape index (κ1) is 12.5. The van der Waals surface area contributed by atoms with Gasteiger partial charge in [0.15, 0.2) is 0 Å². The van der Waals surface area contributed by atoms with Gasteiger partial charge in [0.2, 0.25) is 0 Å². The molecule has 3 atom stereocenters. The van der Waals surface area contributed by atoms with E-state index in [0.29, 0.717) is 5.41 Å². The molecule has 3 aliphatic rings. The maximum absolute atomic E-state index is 5.38. The Labute approximate surface area is 122 Å². The Morgan fingerprint density at radius 2 is 2.15 bits per heavy atom. The van der Waals surface area contributed by atoms with Gasteiger partial charge in [-0.2, -0.15) is 0 Å². The highest BCUT2D eigenvalue weighted by Gasteiger charge is 2.46. The summed E-state index contributed by atoms with van der Waals surface area (Å²) >= 11 is 0. The quantitative estimate of drug-likeness (QED) is 0.707. The fourth-order valence-corrected chi connectivity index (χ4v) is 5.07. The summed E-state index contributed by atoms with van der Waals surface area (Å²) in [6.07, 6.45) is 10.7. The van der Waals surface area contributed by atoms with Crippen molar-refractivity contribution in [2.75, 3.05) is 7.11 Å². The number of allylic oxidation sites excluding steroid dienone is 2. The number of methoxy groups -OCH3 is 1. The van der Waals surface area contributed by atoms with Gasteiger partial charge in [-0.3, -0.25) is 0 Å². The Bertz CT molecular complexity index is 571. The second-order valence-corrected chi connectivity index (χ2v) is 7.18. The third-order valence-electron chi connectivity index (χ3n) is 6.18. The third-order valence-corrected chi connectivity index (χ3v) is 6.18. The molecule has 0 amide bonds. The molecule has 1 nitrogen and oxygen atoms in total. The SMILES string of the molecule is COc1ccc2c(c1)CC[C@@H]1C2=CC[C@]2(C)CCC[C@@H]12. The summed E-state index contributed by atoms with van der Waals surface area (Å²) in [5, 5.41) is 0. The first-order chi connectivity index (χ1) is 9.71. The zero-order valence-electron chi connectivity index (χ0n) is 12.6. The minimum atomic E-state index is 0.595. The van der Waals surface area contributed by atoms with E-state index in [-0.39, 0.29) is 0 Å². The fourth-order valence-electron chi connectivity index (χ4n) is 5.07. The lowest BCUT2D eigenvalue weighted by Crippen LogP contribution is -2.34. The van der Waals surface area contributed by atoms with Gasteiger partial charge in [-0.25, -0.2) is 0 Å². The zero-order valence-corrected chi connectivity index (χ0v) is 12.6. The molecule has 0 bridgehead atoms. The van der Waals surface area contributed by atoms with E-state index in [0.717, 1.165) is 17.6 Å². The van der Waals surface area contributed by atoms with Crippen LogP contribution in [0.4, 0.5) is 0 Å². The minimum absolute atomic E-state index is 0.595. The minimum Gasteiger partial charge on any atom is -0.497 e. The zero-order chi connectivity index (χ0) is 13.7. The standard InChI is InChI=1S/C19H24O/c1-19-10-3-4-18(19)17-7-5-13-12-14(20-2)6-8-15(13)16(17)9-11-19/h6,8-9,12,17-18H,3-5,7,10-11H2,1-2H3/t17-,18+,19+/m1/s1. The molecule has 1 fully saturated rings. The van der Waals surface area contributed by atoms with Gasteiger partial charge in [0.1, 0.15) is 5.75 Å². The number of fused-ring (bicyclic) bond motifs is 5. The van der Waals surface area contributed by atoms with Crippen molar-refractivity contribution in [1.82, 2.24) is 0 Å². The molecule has 1 aromatic rings. The lowest BCUT2D eigenvalue weighted by Gasteiger charge is -2.44. The Hall–Kier alpha value is -1.24. The molecule has 106 valence electrons. The van der Waals surface area contributed by atoms with E-state index in [2.05, 4.69) is 31.2 Å². The summed E-state index contributed by atoms with van der Waals surface area (Å²) in [5.74, 6) is 2.75. The van der Waals surface area contributed by atoms with Crippen LogP contribution in [0.2, 0.25) is 0 Å². The molecule has 0 radical (unpaired) electrons. The lowest BCUT2D eigenvalue weighted by molar-refractivity contribution is 0.168. The summed E-state index contributed by atoms with van der Waals surface area (Å²) in [7, 11) is 1.76. The molecular weight excluding hydrogens is 244 g/mol. The van der Waals surface area contributed by atoms with Crippen LogP contribution in [0.1, 0.15) is 50.2 Å². The Morgan fingerprint density at radius 1 is 1.25 bits per heavy atom.